The molecule has 0 radical (unpaired) electrons. The molecule has 6 nitrogen and oxygen atoms in total. The number of nitrogens with one attached hydrogen (secondary N) is 1. The number of para-hydroxylation sites is 1. The zero-order valence-electron chi connectivity index (χ0n) is 14.9. The number of nitrogens with zero attached hydrogens (tertiary/aromatic N) is 3. The van der Waals surface area contributed by atoms with Gasteiger partial charge in [-0.3, -0.25) is 14.5 Å². The van der Waals surface area contributed by atoms with E-state index in [0.29, 0.717) is 16.9 Å². The third-order valence-corrected chi connectivity index (χ3v) is 4.63. The van der Waals surface area contributed by atoms with Crippen molar-refractivity contribution in [2.45, 2.75) is 13.8 Å². The monoisotopic (exact) mass is 364 g/mol. The number of hydrogen-bond acceptors (Lipinski definition) is 4. The number of carbonyl (C=O) groups excluding carboxylic acids is 1. The second-order valence-electron chi connectivity index (χ2n) is 6.49. The molecular formula is C20H17FN4O2. The van der Waals surface area contributed by atoms with Crippen molar-refractivity contribution in [3.8, 4) is 0 Å². The number of carbonyl (C=O) groups is 1. The summed E-state index contributed by atoms with van der Waals surface area (Å²) in [5.74, 6) is -0.129. The van der Waals surface area contributed by atoms with E-state index in [9.17, 15) is 14.0 Å². The largest absolute Gasteiger partial charge is 0.322 e. The van der Waals surface area contributed by atoms with Crippen LogP contribution in [0.4, 0.5) is 21.6 Å². The van der Waals surface area contributed by atoms with Gasteiger partial charge in [0.1, 0.15) is 12.5 Å². The molecule has 1 N–H and O–H groups in total. The lowest BCUT2D eigenvalue weighted by atomic mass is 10.1. The first-order valence-corrected chi connectivity index (χ1v) is 8.46. The summed E-state index contributed by atoms with van der Waals surface area (Å²) >= 11 is 0. The quantitative estimate of drug-likeness (QED) is 0.758. The first-order valence-electron chi connectivity index (χ1n) is 8.46. The van der Waals surface area contributed by atoms with Crippen molar-refractivity contribution >= 4 is 23.1 Å². The SMILES string of the molecule is Cc1cc(F)ccc1N1CN(c2n[nH]c(=O)cc2C)C(=O)c2ccccc21. The molecule has 0 fully saturated rings. The molecule has 27 heavy (non-hydrogen) atoms. The van der Waals surface area contributed by atoms with Gasteiger partial charge < -0.3 is 4.90 Å². The predicted octanol–water partition coefficient (Wildman–Crippen LogP) is 3.28. The number of halogens is 1. The normalized spacial score (nSPS) is 13.7. The van der Waals surface area contributed by atoms with E-state index >= 15 is 0 Å². The van der Waals surface area contributed by atoms with Crippen LogP contribution in [0, 0.1) is 19.7 Å². The Morgan fingerprint density at radius 2 is 1.74 bits per heavy atom. The Morgan fingerprint density at radius 3 is 2.48 bits per heavy atom. The summed E-state index contributed by atoms with van der Waals surface area (Å²) in [4.78, 5) is 28.0. The van der Waals surface area contributed by atoms with Crippen LogP contribution in [0.1, 0.15) is 21.5 Å². The number of H-pyrrole nitrogens is 1. The molecule has 7 heteroatoms. The van der Waals surface area contributed by atoms with Gasteiger partial charge in [-0.1, -0.05) is 12.1 Å². The van der Waals surface area contributed by atoms with E-state index < -0.39 is 0 Å². The molecule has 4 rings (SSSR count). The fourth-order valence-corrected chi connectivity index (χ4v) is 3.37. The molecule has 1 amide bonds. The van der Waals surface area contributed by atoms with Crippen LogP contribution in [-0.2, 0) is 0 Å². The van der Waals surface area contributed by atoms with Crippen LogP contribution < -0.4 is 15.4 Å². The number of aromatic amines is 1. The van der Waals surface area contributed by atoms with Crippen molar-refractivity contribution in [2.75, 3.05) is 16.5 Å². The van der Waals surface area contributed by atoms with E-state index in [1.807, 2.05) is 24.0 Å². The fourth-order valence-electron chi connectivity index (χ4n) is 3.37. The molecule has 0 unspecified atom stereocenters. The highest BCUT2D eigenvalue weighted by Crippen LogP contribution is 2.36. The highest BCUT2D eigenvalue weighted by Gasteiger charge is 2.32. The number of fused-ring (bicyclic) bond motifs is 1. The molecule has 1 aliphatic heterocycles. The van der Waals surface area contributed by atoms with Crippen LogP contribution in [0.2, 0.25) is 0 Å². The summed E-state index contributed by atoms with van der Waals surface area (Å²) < 4.78 is 13.6. The van der Waals surface area contributed by atoms with Crippen LogP contribution in [0.25, 0.3) is 0 Å². The Hall–Kier alpha value is -3.48. The topological polar surface area (TPSA) is 69.3 Å². The summed E-state index contributed by atoms with van der Waals surface area (Å²) in [6, 6.07) is 13.2. The predicted molar refractivity (Wildman–Crippen MR) is 101 cm³/mol. The third-order valence-electron chi connectivity index (χ3n) is 4.63. The van der Waals surface area contributed by atoms with Gasteiger partial charge in [0.15, 0.2) is 5.82 Å². The molecule has 136 valence electrons. The average Bonchev–Trinajstić information content (AvgIpc) is 2.64. The molecule has 0 bridgehead atoms. The number of aromatic nitrogens is 2. The zero-order chi connectivity index (χ0) is 19.1. The maximum Gasteiger partial charge on any atom is 0.264 e. The Bertz CT molecular complexity index is 1110. The molecule has 3 aromatic rings. The van der Waals surface area contributed by atoms with E-state index in [1.165, 1.54) is 23.1 Å². The van der Waals surface area contributed by atoms with Gasteiger partial charge in [0.05, 0.1) is 11.3 Å². The van der Waals surface area contributed by atoms with Crippen molar-refractivity contribution in [2.24, 2.45) is 0 Å². The molecule has 0 atom stereocenters. The van der Waals surface area contributed by atoms with Crippen molar-refractivity contribution in [1.82, 2.24) is 10.2 Å². The summed E-state index contributed by atoms with van der Waals surface area (Å²) in [7, 11) is 0. The summed E-state index contributed by atoms with van der Waals surface area (Å²) in [6.45, 7) is 3.76. The molecule has 2 heterocycles. The van der Waals surface area contributed by atoms with Crippen LogP contribution in [0.5, 0.6) is 0 Å². The minimum absolute atomic E-state index is 0.197. The molecule has 0 aliphatic carbocycles. The van der Waals surface area contributed by atoms with E-state index in [4.69, 9.17) is 0 Å². The summed E-state index contributed by atoms with van der Waals surface area (Å²) in [5.41, 5.74) is 3.08. The highest BCUT2D eigenvalue weighted by atomic mass is 19.1. The molecular weight excluding hydrogens is 347 g/mol. The van der Waals surface area contributed by atoms with Crippen LogP contribution >= 0.6 is 0 Å². The third kappa shape index (κ3) is 2.87. The second kappa shape index (κ2) is 6.35. The Balaban J connectivity index is 1.88. The smallest absolute Gasteiger partial charge is 0.264 e. The molecule has 1 aromatic heterocycles. The van der Waals surface area contributed by atoms with Crippen LogP contribution in [0.3, 0.4) is 0 Å². The van der Waals surface area contributed by atoms with Crippen molar-refractivity contribution in [3.05, 3.63) is 81.4 Å². The Labute approximate surface area is 154 Å². The Kier molecular flexibility index (Phi) is 3.99. The van der Waals surface area contributed by atoms with Crippen LogP contribution in [-0.4, -0.2) is 22.8 Å². The molecule has 0 saturated carbocycles. The van der Waals surface area contributed by atoms with E-state index in [2.05, 4.69) is 10.2 Å². The van der Waals surface area contributed by atoms with Gasteiger partial charge in [0.2, 0.25) is 0 Å². The fraction of sp³-hybridized carbons (Fsp3) is 0.150. The van der Waals surface area contributed by atoms with Crippen molar-refractivity contribution < 1.29 is 9.18 Å². The maximum atomic E-state index is 13.6. The van der Waals surface area contributed by atoms with Gasteiger partial charge in [0.25, 0.3) is 11.5 Å². The van der Waals surface area contributed by atoms with E-state index in [1.54, 1.807) is 25.1 Å². The minimum Gasteiger partial charge on any atom is -0.322 e. The number of benzene rings is 2. The van der Waals surface area contributed by atoms with E-state index in [-0.39, 0.29) is 24.0 Å². The van der Waals surface area contributed by atoms with Crippen LogP contribution in [0.15, 0.2) is 53.3 Å². The highest BCUT2D eigenvalue weighted by molar-refractivity contribution is 6.12. The zero-order valence-corrected chi connectivity index (χ0v) is 14.9. The maximum absolute atomic E-state index is 13.6. The van der Waals surface area contributed by atoms with Gasteiger partial charge in [-0.25, -0.2) is 9.49 Å². The summed E-state index contributed by atoms with van der Waals surface area (Å²) in [5, 5.41) is 6.46. The number of anilines is 3. The van der Waals surface area contributed by atoms with Crippen molar-refractivity contribution in [3.63, 3.8) is 0 Å². The second-order valence-corrected chi connectivity index (χ2v) is 6.49. The van der Waals surface area contributed by atoms with Gasteiger partial charge in [-0.05, 0) is 55.3 Å². The van der Waals surface area contributed by atoms with Gasteiger partial charge in [-0.15, -0.1) is 0 Å². The first kappa shape index (κ1) is 17.0. The minimum atomic E-state index is -0.327. The van der Waals surface area contributed by atoms with Gasteiger partial charge in [0, 0.05) is 11.8 Å². The van der Waals surface area contributed by atoms with Gasteiger partial charge >= 0.3 is 0 Å². The van der Waals surface area contributed by atoms with Gasteiger partial charge in [-0.2, -0.15) is 5.10 Å². The Morgan fingerprint density at radius 1 is 0.963 bits per heavy atom. The number of rotatable bonds is 2. The summed E-state index contributed by atoms with van der Waals surface area (Å²) in [6.07, 6.45) is 0. The van der Waals surface area contributed by atoms with Crippen molar-refractivity contribution in [1.29, 1.82) is 0 Å². The standard InChI is InChI=1S/C20H17FN4O2/c1-12-9-14(21)7-8-16(12)24-11-25(19-13(2)10-18(26)22-23-19)20(27)15-5-3-4-6-17(15)24/h3-10H,11H2,1-2H3,(H,22,26). The molecule has 1 aliphatic rings. The first-order chi connectivity index (χ1) is 13.0. The lowest BCUT2D eigenvalue weighted by Crippen LogP contribution is -2.46. The number of aryl methyl sites for hydroxylation is 2. The molecule has 0 spiro atoms. The lowest BCUT2D eigenvalue weighted by Gasteiger charge is -2.38. The number of amides is 1. The molecule has 0 saturated heterocycles. The molecule has 2 aromatic carbocycles. The van der Waals surface area contributed by atoms with E-state index in [0.717, 1.165) is 16.9 Å². The number of hydrogen-bond donors (Lipinski definition) is 1. The lowest BCUT2D eigenvalue weighted by molar-refractivity contribution is 0.0982. The average molecular weight is 364 g/mol.